The third-order valence-corrected chi connectivity index (χ3v) is 3.09. The number of nitrogens with one attached hydrogen (secondary N) is 1. The lowest BCUT2D eigenvalue weighted by molar-refractivity contribution is 0.610. The molecule has 2 aromatic rings. The number of benzene rings is 2. The van der Waals surface area contributed by atoms with E-state index in [1.807, 2.05) is 13.0 Å². The van der Waals surface area contributed by atoms with Crippen molar-refractivity contribution in [2.24, 2.45) is 0 Å². The number of anilines is 1. The summed E-state index contributed by atoms with van der Waals surface area (Å²) < 4.78 is 27.8. The molecule has 0 fully saturated rings. The van der Waals surface area contributed by atoms with Crippen molar-refractivity contribution in [2.45, 2.75) is 13.5 Å². The number of hydrogen-bond donors (Lipinski definition) is 1. The van der Waals surface area contributed by atoms with Gasteiger partial charge in [0.05, 0.1) is 5.69 Å². The smallest absolute Gasteiger partial charge is 0.146 e. The molecule has 1 N–H and O–H groups in total. The van der Waals surface area contributed by atoms with Gasteiger partial charge in [-0.1, -0.05) is 22.0 Å². The van der Waals surface area contributed by atoms with E-state index >= 15 is 0 Å². The monoisotopic (exact) mass is 311 g/mol. The van der Waals surface area contributed by atoms with E-state index in [4.69, 9.17) is 0 Å². The van der Waals surface area contributed by atoms with Crippen LogP contribution in [0.1, 0.15) is 11.1 Å². The van der Waals surface area contributed by atoms with Gasteiger partial charge in [0.1, 0.15) is 11.6 Å². The van der Waals surface area contributed by atoms with Crippen LogP contribution in [0, 0.1) is 18.6 Å². The van der Waals surface area contributed by atoms with E-state index in [1.165, 1.54) is 12.1 Å². The highest BCUT2D eigenvalue weighted by Gasteiger charge is 2.05. The fourth-order valence-corrected chi connectivity index (χ4v) is 2.04. The molecule has 0 spiro atoms. The average molecular weight is 312 g/mol. The van der Waals surface area contributed by atoms with Crippen molar-refractivity contribution in [3.8, 4) is 0 Å². The predicted molar refractivity (Wildman–Crippen MR) is 72.6 cm³/mol. The summed E-state index contributed by atoms with van der Waals surface area (Å²) in [6, 6.07) is 9.59. The summed E-state index contributed by atoms with van der Waals surface area (Å²) in [5.74, 6) is -0.636. The van der Waals surface area contributed by atoms with Gasteiger partial charge in [-0.2, -0.15) is 0 Å². The Bertz CT molecular complexity index is 570. The molecule has 0 amide bonds. The van der Waals surface area contributed by atoms with Crippen LogP contribution in [0.5, 0.6) is 0 Å². The molecule has 0 bridgehead atoms. The van der Waals surface area contributed by atoms with Crippen LogP contribution >= 0.6 is 15.9 Å². The number of hydrogen-bond acceptors (Lipinski definition) is 1. The van der Waals surface area contributed by atoms with Crippen LogP contribution in [0.4, 0.5) is 14.5 Å². The molecule has 0 saturated carbocycles. The van der Waals surface area contributed by atoms with Crippen molar-refractivity contribution in [1.82, 2.24) is 0 Å². The molecule has 0 aliphatic heterocycles. The molecule has 0 saturated heterocycles. The molecule has 0 unspecified atom stereocenters. The van der Waals surface area contributed by atoms with Crippen LogP contribution in [0.3, 0.4) is 0 Å². The minimum absolute atomic E-state index is 0.241. The Morgan fingerprint density at radius 1 is 1.06 bits per heavy atom. The van der Waals surface area contributed by atoms with E-state index in [-0.39, 0.29) is 18.2 Å². The largest absolute Gasteiger partial charge is 0.378 e. The van der Waals surface area contributed by atoms with Crippen molar-refractivity contribution >= 4 is 21.6 Å². The van der Waals surface area contributed by atoms with Gasteiger partial charge < -0.3 is 5.32 Å². The second-order valence-electron chi connectivity index (χ2n) is 4.07. The van der Waals surface area contributed by atoms with Gasteiger partial charge in [-0.15, -0.1) is 0 Å². The highest BCUT2D eigenvalue weighted by Crippen LogP contribution is 2.19. The molecule has 0 aliphatic carbocycles. The first-order chi connectivity index (χ1) is 8.56. The number of rotatable bonds is 3. The van der Waals surface area contributed by atoms with Crippen LogP contribution in [0.25, 0.3) is 0 Å². The zero-order chi connectivity index (χ0) is 13.1. The fourth-order valence-electron chi connectivity index (χ4n) is 1.63. The van der Waals surface area contributed by atoms with E-state index in [0.29, 0.717) is 11.3 Å². The van der Waals surface area contributed by atoms with Gasteiger partial charge >= 0.3 is 0 Å². The highest BCUT2D eigenvalue weighted by molar-refractivity contribution is 9.10. The number of halogens is 3. The quantitative estimate of drug-likeness (QED) is 0.870. The number of aryl methyl sites for hydroxylation is 1. The SMILES string of the molecule is Cc1ccc(NCc2cc(Br)ccc2F)c(F)c1. The molecular weight excluding hydrogens is 300 g/mol. The summed E-state index contributed by atoms with van der Waals surface area (Å²) in [4.78, 5) is 0. The van der Waals surface area contributed by atoms with Crippen LogP contribution in [0.15, 0.2) is 40.9 Å². The van der Waals surface area contributed by atoms with Crippen LogP contribution in [-0.4, -0.2) is 0 Å². The van der Waals surface area contributed by atoms with Gasteiger partial charge in [-0.3, -0.25) is 0 Å². The Morgan fingerprint density at radius 3 is 2.56 bits per heavy atom. The molecule has 2 rings (SSSR count). The second-order valence-corrected chi connectivity index (χ2v) is 4.99. The summed E-state index contributed by atoms with van der Waals surface area (Å²) in [6.45, 7) is 2.06. The topological polar surface area (TPSA) is 12.0 Å². The second kappa shape index (κ2) is 5.48. The van der Waals surface area contributed by atoms with Crippen LogP contribution in [-0.2, 0) is 6.54 Å². The third-order valence-electron chi connectivity index (χ3n) is 2.60. The maximum atomic E-state index is 13.6. The lowest BCUT2D eigenvalue weighted by atomic mass is 10.2. The van der Waals surface area contributed by atoms with E-state index in [0.717, 1.165) is 10.0 Å². The Hall–Kier alpha value is -1.42. The van der Waals surface area contributed by atoms with Gasteiger partial charge in [0.25, 0.3) is 0 Å². The molecule has 4 heteroatoms. The van der Waals surface area contributed by atoms with Crippen molar-refractivity contribution in [1.29, 1.82) is 0 Å². The van der Waals surface area contributed by atoms with Gasteiger partial charge in [0, 0.05) is 16.6 Å². The Labute approximate surface area is 113 Å². The zero-order valence-electron chi connectivity index (χ0n) is 9.81. The van der Waals surface area contributed by atoms with Crippen molar-refractivity contribution in [3.63, 3.8) is 0 Å². The molecule has 0 radical (unpaired) electrons. The van der Waals surface area contributed by atoms with E-state index in [2.05, 4.69) is 21.2 Å². The van der Waals surface area contributed by atoms with Crippen LogP contribution in [0.2, 0.25) is 0 Å². The first-order valence-electron chi connectivity index (χ1n) is 5.50. The minimum atomic E-state index is -0.328. The summed E-state index contributed by atoms with van der Waals surface area (Å²) >= 11 is 3.28. The summed E-state index contributed by atoms with van der Waals surface area (Å²) in [6.07, 6.45) is 0. The molecule has 0 aromatic heterocycles. The first-order valence-corrected chi connectivity index (χ1v) is 6.29. The summed E-state index contributed by atoms with van der Waals surface area (Å²) in [5, 5.41) is 2.89. The van der Waals surface area contributed by atoms with Gasteiger partial charge in [0.2, 0.25) is 0 Å². The lowest BCUT2D eigenvalue weighted by Crippen LogP contribution is -2.03. The molecule has 18 heavy (non-hydrogen) atoms. The minimum Gasteiger partial charge on any atom is -0.378 e. The molecule has 0 heterocycles. The third kappa shape index (κ3) is 3.07. The Kier molecular flexibility index (Phi) is 3.97. The lowest BCUT2D eigenvalue weighted by Gasteiger charge is -2.09. The normalized spacial score (nSPS) is 10.4. The Morgan fingerprint density at radius 2 is 1.83 bits per heavy atom. The standard InChI is InChI=1S/C14H12BrF2N/c1-9-2-5-14(13(17)6-9)18-8-10-7-11(15)3-4-12(10)16/h2-7,18H,8H2,1H3. The molecule has 1 nitrogen and oxygen atoms in total. The maximum Gasteiger partial charge on any atom is 0.146 e. The van der Waals surface area contributed by atoms with Crippen molar-refractivity contribution < 1.29 is 8.78 Å². The summed E-state index contributed by atoms with van der Waals surface area (Å²) in [7, 11) is 0. The first kappa shape index (κ1) is 13.0. The van der Waals surface area contributed by atoms with Gasteiger partial charge in [-0.25, -0.2) is 8.78 Å². The summed E-state index contributed by atoms with van der Waals surface area (Å²) in [5.41, 5.74) is 1.72. The molecule has 0 aliphatic rings. The van der Waals surface area contributed by atoms with Gasteiger partial charge in [-0.05, 0) is 42.8 Å². The molecule has 2 aromatic carbocycles. The maximum absolute atomic E-state index is 13.6. The van der Waals surface area contributed by atoms with Gasteiger partial charge in [0.15, 0.2) is 0 Å². The Balaban J connectivity index is 2.13. The average Bonchev–Trinajstić information content (AvgIpc) is 2.32. The zero-order valence-corrected chi connectivity index (χ0v) is 11.4. The van der Waals surface area contributed by atoms with E-state index in [9.17, 15) is 8.78 Å². The van der Waals surface area contributed by atoms with E-state index < -0.39 is 0 Å². The molecule has 0 atom stereocenters. The van der Waals surface area contributed by atoms with Crippen molar-refractivity contribution in [3.05, 3.63) is 63.6 Å². The molecule has 94 valence electrons. The van der Waals surface area contributed by atoms with Crippen LogP contribution < -0.4 is 5.32 Å². The predicted octanol–water partition coefficient (Wildman–Crippen LogP) is 4.65. The van der Waals surface area contributed by atoms with Crippen molar-refractivity contribution in [2.75, 3.05) is 5.32 Å². The molecular formula is C14H12BrF2N. The fraction of sp³-hybridized carbons (Fsp3) is 0.143. The highest BCUT2D eigenvalue weighted by atomic mass is 79.9. The van der Waals surface area contributed by atoms with E-state index in [1.54, 1.807) is 18.2 Å².